The zero-order valence-electron chi connectivity index (χ0n) is 11.5. The zero-order chi connectivity index (χ0) is 13.0. The molecule has 2 heteroatoms. The van der Waals surface area contributed by atoms with Crippen LogP contribution in [0.2, 0.25) is 0 Å². The molecule has 1 heterocycles. The Bertz CT molecular complexity index is 390. The third-order valence-electron chi connectivity index (χ3n) is 3.87. The van der Waals surface area contributed by atoms with Crippen molar-refractivity contribution < 1.29 is 4.79 Å². The number of Topliss-reactive ketones (excluding diaryl/α,β-unsaturated/α-hetero) is 1. The topological polar surface area (TPSA) is 20.3 Å². The van der Waals surface area contributed by atoms with E-state index in [4.69, 9.17) is 0 Å². The van der Waals surface area contributed by atoms with Gasteiger partial charge in [-0.2, -0.15) is 0 Å². The maximum Gasteiger partial charge on any atom is 0.164 e. The maximum absolute atomic E-state index is 12.2. The van der Waals surface area contributed by atoms with Crippen LogP contribution in [0.3, 0.4) is 0 Å². The van der Waals surface area contributed by atoms with Crippen molar-refractivity contribution in [2.24, 2.45) is 0 Å². The van der Waals surface area contributed by atoms with Gasteiger partial charge in [-0.05, 0) is 39.8 Å². The summed E-state index contributed by atoms with van der Waals surface area (Å²) in [4.78, 5) is 14.6. The van der Waals surface area contributed by atoms with Gasteiger partial charge in [0.15, 0.2) is 5.78 Å². The van der Waals surface area contributed by atoms with Crippen LogP contribution in [0.1, 0.15) is 48.5 Å². The first-order chi connectivity index (χ1) is 8.66. The lowest BCUT2D eigenvalue weighted by atomic mass is 10.0. The lowest BCUT2D eigenvalue weighted by Crippen LogP contribution is -2.38. The minimum atomic E-state index is 0.271. The third-order valence-corrected chi connectivity index (χ3v) is 3.87. The Labute approximate surface area is 110 Å². The normalized spacial score (nSPS) is 18.6. The molecule has 0 N–H and O–H groups in total. The Morgan fingerprint density at radius 2 is 1.78 bits per heavy atom. The van der Waals surface area contributed by atoms with E-state index >= 15 is 0 Å². The summed E-state index contributed by atoms with van der Waals surface area (Å²) in [5.74, 6) is 0.271. The van der Waals surface area contributed by atoms with Crippen molar-refractivity contribution in [2.45, 2.75) is 45.6 Å². The van der Waals surface area contributed by atoms with Gasteiger partial charge in [0.1, 0.15) is 0 Å². The van der Waals surface area contributed by atoms with Gasteiger partial charge in [-0.1, -0.05) is 36.2 Å². The summed E-state index contributed by atoms with van der Waals surface area (Å²) in [7, 11) is 0. The molecule has 2 rings (SSSR count). The Morgan fingerprint density at radius 3 is 2.39 bits per heavy atom. The first-order valence-corrected chi connectivity index (χ1v) is 7.01. The SMILES string of the molecule is Cc1ccc(C(=O)C[C@@H](C)N2CCCCC2)cc1. The van der Waals surface area contributed by atoms with E-state index in [1.165, 1.54) is 24.8 Å². The smallest absolute Gasteiger partial charge is 0.164 e. The van der Waals surface area contributed by atoms with Gasteiger partial charge in [0.2, 0.25) is 0 Å². The standard InChI is InChI=1S/C16H23NO/c1-13-6-8-15(9-7-13)16(18)12-14(2)17-10-4-3-5-11-17/h6-9,14H,3-5,10-12H2,1-2H3/t14-/m1/s1. The quantitative estimate of drug-likeness (QED) is 0.757. The van der Waals surface area contributed by atoms with Gasteiger partial charge in [-0.15, -0.1) is 0 Å². The third kappa shape index (κ3) is 3.42. The summed E-state index contributed by atoms with van der Waals surface area (Å²) in [6, 6.07) is 8.29. The van der Waals surface area contributed by atoms with Crippen LogP contribution in [0.25, 0.3) is 0 Å². The molecule has 0 bridgehead atoms. The van der Waals surface area contributed by atoms with Gasteiger partial charge in [-0.3, -0.25) is 4.79 Å². The molecule has 1 fully saturated rings. The largest absolute Gasteiger partial charge is 0.300 e. The molecule has 0 amide bonds. The van der Waals surface area contributed by atoms with Crippen LogP contribution < -0.4 is 0 Å². The summed E-state index contributed by atoms with van der Waals surface area (Å²) < 4.78 is 0. The first kappa shape index (κ1) is 13.3. The highest BCUT2D eigenvalue weighted by Gasteiger charge is 2.19. The molecule has 2 nitrogen and oxygen atoms in total. The molecule has 98 valence electrons. The van der Waals surface area contributed by atoms with E-state index in [-0.39, 0.29) is 5.78 Å². The van der Waals surface area contributed by atoms with Gasteiger partial charge in [0.25, 0.3) is 0 Å². The molecule has 1 aliphatic heterocycles. The maximum atomic E-state index is 12.2. The summed E-state index contributed by atoms with van der Waals surface area (Å²) in [5, 5.41) is 0. The lowest BCUT2D eigenvalue weighted by molar-refractivity contribution is 0.0911. The number of hydrogen-bond donors (Lipinski definition) is 0. The number of carbonyl (C=O) groups is 1. The fourth-order valence-corrected chi connectivity index (χ4v) is 2.61. The van der Waals surface area contributed by atoms with E-state index in [2.05, 4.69) is 11.8 Å². The van der Waals surface area contributed by atoms with Crippen molar-refractivity contribution >= 4 is 5.78 Å². The zero-order valence-corrected chi connectivity index (χ0v) is 11.5. The molecule has 1 saturated heterocycles. The molecule has 1 atom stereocenters. The summed E-state index contributed by atoms with van der Waals surface area (Å²) >= 11 is 0. The molecule has 0 radical (unpaired) electrons. The van der Waals surface area contributed by atoms with Crippen LogP contribution in [-0.4, -0.2) is 29.8 Å². The Kier molecular flexibility index (Phi) is 4.54. The second kappa shape index (κ2) is 6.14. The van der Waals surface area contributed by atoms with E-state index < -0.39 is 0 Å². The van der Waals surface area contributed by atoms with Crippen molar-refractivity contribution in [3.05, 3.63) is 35.4 Å². The van der Waals surface area contributed by atoms with Crippen molar-refractivity contribution in [1.82, 2.24) is 4.90 Å². The van der Waals surface area contributed by atoms with Crippen LogP contribution in [0, 0.1) is 6.92 Å². The highest BCUT2D eigenvalue weighted by Crippen LogP contribution is 2.16. The molecule has 0 aliphatic carbocycles. The molecule has 0 unspecified atom stereocenters. The van der Waals surface area contributed by atoms with E-state index in [1.54, 1.807) is 0 Å². The van der Waals surface area contributed by atoms with Crippen molar-refractivity contribution in [3.63, 3.8) is 0 Å². The molecular formula is C16H23NO. The Hall–Kier alpha value is -1.15. The highest BCUT2D eigenvalue weighted by molar-refractivity contribution is 5.96. The minimum Gasteiger partial charge on any atom is -0.300 e. The molecule has 1 aliphatic rings. The van der Waals surface area contributed by atoms with Crippen molar-refractivity contribution in [1.29, 1.82) is 0 Å². The number of hydrogen-bond acceptors (Lipinski definition) is 2. The molecule has 1 aromatic carbocycles. The second-order valence-corrected chi connectivity index (χ2v) is 5.44. The molecule has 0 aromatic heterocycles. The van der Waals surface area contributed by atoms with Crippen LogP contribution in [0.5, 0.6) is 0 Å². The summed E-state index contributed by atoms with van der Waals surface area (Å²) in [6.45, 7) is 6.53. The van der Waals surface area contributed by atoms with Crippen molar-refractivity contribution in [3.8, 4) is 0 Å². The average Bonchev–Trinajstić information content (AvgIpc) is 2.40. The van der Waals surface area contributed by atoms with Gasteiger partial charge in [0.05, 0.1) is 0 Å². The van der Waals surface area contributed by atoms with Gasteiger partial charge >= 0.3 is 0 Å². The van der Waals surface area contributed by atoms with E-state index in [0.29, 0.717) is 12.5 Å². The molecule has 0 spiro atoms. The van der Waals surface area contributed by atoms with Crippen molar-refractivity contribution in [2.75, 3.05) is 13.1 Å². The van der Waals surface area contributed by atoms with E-state index in [1.807, 2.05) is 31.2 Å². The monoisotopic (exact) mass is 245 g/mol. The number of rotatable bonds is 4. The first-order valence-electron chi connectivity index (χ1n) is 7.01. The minimum absolute atomic E-state index is 0.271. The summed E-state index contributed by atoms with van der Waals surface area (Å²) in [6.07, 6.45) is 4.55. The molecule has 0 saturated carbocycles. The molecule has 1 aromatic rings. The predicted octanol–water partition coefficient (Wildman–Crippen LogP) is 3.44. The molecule has 18 heavy (non-hydrogen) atoms. The molecular weight excluding hydrogens is 222 g/mol. The van der Waals surface area contributed by atoms with Crippen LogP contribution in [0.15, 0.2) is 24.3 Å². The van der Waals surface area contributed by atoms with Gasteiger partial charge in [-0.25, -0.2) is 0 Å². The number of nitrogens with zero attached hydrogens (tertiary/aromatic N) is 1. The number of ketones is 1. The predicted molar refractivity (Wildman–Crippen MR) is 75.0 cm³/mol. The number of likely N-dealkylation sites (tertiary alicyclic amines) is 1. The van der Waals surface area contributed by atoms with E-state index in [0.717, 1.165) is 18.7 Å². The van der Waals surface area contributed by atoms with Crippen LogP contribution in [-0.2, 0) is 0 Å². The lowest BCUT2D eigenvalue weighted by Gasteiger charge is -2.32. The number of piperidine rings is 1. The fourth-order valence-electron chi connectivity index (χ4n) is 2.61. The number of aryl methyl sites for hydroxylation is 1. The summed E-state index contributed by atoms with van der Waals surface area (Å²) in [5.41, 5.74) is 2.06. The number of carbonyl (C=O) groups excluding carboxylic acids is 1. The van der Waals surface area contributed by atoms with Crippen LogP contribution >= 0.6 is 0 Å². The Balaban J connectivity index is 1.91. The highest BCUT2D eigenvalue weighted by atomic mass is 16.1. The van der Waals surface area contributed by atoms with Crippen LogP contribution in [0.4, 0.5) is 0 Å². The Morgan fingerprint density at radius 1 is 1.17 bits per heavy atom. The van der Waals surface area contributed by atoms with Gasteiger partial charge < -0.3 is 4.90 Å². The second-order valence-electron chi connectivity index (χ2n) is 5.44. The fraction of sp³-hybridized carbons (Fsp3) is 0.562. The average molecular weight is 245 g/mol. The number of benzene rings is 1. The van der Waals surface area contributed by atoms with Gasteiger partial charge in [0, 0.05) is 18.0 Å². The van der Waals surface area contributed by atoms with E-state index in [9.17, 15) is 4.79 Å².